The second kappa shape index (κ2) is 3.87. The fourth-order valence-corrected chi connectivity index (χ4v) is 2.28. The van der Waals surface area contributed by atoms with Gasteiger partial charge in [-0.3, -0.25) is 4.79 Å². The molecule has 0 aliphatic carbocycles. The number of hydrogen-bond acceptors (Lipinski definition) is 2. The topological polar surface area (TPSA) is 40.5 Å². The molecule has 0 bridgehead atoms. The van der Waals surface area contributed by atoms with Gasteiger partial charge in [-0.2, -0.15) is 0 Å². The van der Waals surface area contributed by atoms with Crippen molar-refractivity contribution in [2.45, 2.75) is 32.4 Å². The predicted octanol–water partition coefficient (Wildman–Crippen LogP) is 2.00. The van der Waals surface area contributed by atoms with Crippen LogP contribution in [0.2, 0.25) is 0 Å². The number of anilines is 1. The van der Waals surface area contributed by atoms with E-state index in [4.69, 9.17) is 0 Å². The Kier molecular flexibility index (Phi) is 2.68. The van der Waals surface area contributed by atoms with Crippen molar-refractivity contribution in [3.05, 3.63) is 29.6 Å². The normalized spacial score (nSPS) is 24.1. The van der Waals surface area contributed by atoms with E-state index in [-0.39, 0.29) is 11.9 Å². The summed E-state index contributed by atoms with van der Waals surface area (Å²) in [5, 5.41) is 9.85. The molecule has 16 heavy (non-hydrogen) atoms. The van der Waals surface area contributed by atoms with Gasteiger partial charge in [0.1, 0.15) is 5.82 Å². The molecule has 0 unspecified atom stereocenters. The molecule has 0 saturated carbocycles. The molecular formula is C12H14FNO2. The van der Waals surface area contributed by atoms with Gasteiger partial charge in [-0.15, -0.1) is 0 Å². The molecule has 0 aromatic heterocycles. The summed E-state index contributed by atoms with van der Waals surface area (Å²) < 4.78 is 13.1. The Morgan fingerprint density at radius 3 is 2.88 bits per heavy atom. The number of halogens is 1. The van der Waals surface area contributed by atoms with Crippen molar-refractivity contribution in [3.8, 4) is 0 Å². The zero-order chi connectivity index (χ0) is 11.9. The number of benzene rings is 1. The molecule has 2 atom stereocenters. The van der Waals surface area contributed by atoms with Gasteiger partial charge in [-0.25, -0.2) is 4.39 Å². The van der Waals surface area contributed by atoms with E-state index in [1.165, 1.54) is 19.1 Å². The monoisotopic (exact) mass is 223 g/mol. The van der Waals surface area contributed by atoms with Crippen molar-refractivity contribution in [1.29, 1.82) is 0 Å². The molecule has 1 aromatic carbocycles. The standard InChI is InChI=1S/C12H14FNO2/c1-7-5-12(16)10-6-9(13)3-4-11(10)14(7)8(2)15/h3-4,6-7,12,16H,5H2,1-2H3/t7-,12-/m1/s1. The maximum Gasteiger partial charge on any atom is 0.224 e. The van der Waals surface area contributed by atoms with Crippen LogP contribution < -0.4 is 4.90 Å². The van der Waals surface area contributed by atoms with Crippen molar-refractivity contribution in [2.24, 2.45) is 0 Å². The summed E-state index contributed by atoms with van der Waals surface area (Å²) in [5.41, 5.74) is 1.11. The molecule has 1 amide bonds. The molecule has 1 heterocycles. The third kappa shape index (κ3) is 1.69. The number of nitrogens with zero attached hydrogens (tertiary/aromatic N) is 1. The third-order valence-electron chi connectivity index (χ3n) is 2.95. The first kappa shape index (κ1) is 11.1. The zero-order valence-corrected chi connectivity index (χ0v) is 9.27. The largest absolute Gasteiger partial charge is 0.388 e. The SMILES string of the molecule is CC(=O)N1c2ccc(F)cc2[C@H](O)C[C@H]1C. The fourth-order valence-electron chi connectivity index (χ4n) is 2.28. The van der Waals surface area contributed by atoms with Crippen LogP contribution >= 0.6 is 0 Å². The van der Waals surface area contributed by atoms with E-state index in [1.54, 1.807) is 11.0 Å². The van der Waals surface area contributed by atoms with Crippen LogP contribution in [-0.2, 0) is 4.79 Å². The van der Waals surface area contributed by atoms with Gasteiger partial charge in [0.2, 0.25) is 5.91 Å². The van der Waals surface area contributed by atoms with Crippen LogP contribution in [0.25, 0.3) is 0 Å². The highest BCUT2D eigenvalue weighted by Crippen LogP contribution is 2.37. The summed E-state index contributed by atoms with van der Waals surface area (Å²) in [7, 11) is 0. The van der Waals surface area contributed by atoms with Crippen LogP contribution in [0.5, 0.6) is 0 Å². The van der Waals surface area contributed by atoms with Crippen molar-refractivity contribution in [1.82, 2.24) is 0 Å². The quantitative estimate of drug-likeness (QED) is 0.730. The Labute approximate surface area is 93.5 Å². The summed E-state index contributed by atoms with van der Waals surface area (Å²) in [6.45, 7) is 3.35. The summed E-state index contributed by atoms with van der Waals surface area (Å²) in [5.74, 6) is -0.483. The number of aliphatic hydroxyl groups is 1. The Balaban J connectivity index is 2.54. The molecule has 1 aromatic rings. The highest BCUT2D eigenvalue weighted by molar-refractivity contribution is 5.93. The molecule has 3 nitrogen and oxygen atoms in total. The Morgan fingerprint density at radius 1 is 1.56 bits per heavy atom. The smallest absolute Gasteiger partial charge is 0.224 e. The Bertz CT molecular complexity index is 433. The van der Waals surface area contributed by atoms with Crippen molar-refractivity contribution >= 4 is 11.6 Å². The van der Waals surface area contributed by atoms with Gasteiger partial charge in [-0.1, -0.05) is 0 Å². The van der Waals surface area contributed by atoms with Crippen LogP contribution in [0.15, 0.2) is 18.2 Å². The van der Waals surface area contributed by atoms with Gasteiger partial charge in [0, 0.05) is 24.2 Å². The number of hydrogen-bond donors (Lipinski definition) is 1. The van der Waals surface area contributed by atoms with Gasteiger partial charge < -0.3 is 10.0 Å². The van der Waals surface area contributed by atoms with Gasteiger partial charge in [0.15, 0.2) is 0 Å². The Hall–Kier alpha value is -1.42. The van der Waals surface area contributed by atoms with E-state index in [9.17, 15) is 14.3 Å². The third-order valence-corrected chi connectivity index (χ3v) is 2.95. The molecule has 1 aliphatic rings. The summed E-state index contributed by atoms with van der Waals surface area (Å²) >= 11 is 0. The first-order chi connectivity index (χ1) is 7.50. The highest BCUT2D eigenvalue weighted by atomic mass is 19.1. The van der Waals surface area contributed by atoms with E-state index in [1.807, 2.05) is 6.92 Å². The second-order valence-electron chi connectivity index (χ2n) is 4.19. The van der Waals surface area contributed by atoms with Gasteiger partial charge in [0.05, 0.1) is 6.10 Å². The number of fused-ring (bicyclic) bond motifs is 1. The maximum absolute atomic E-state index is 13.1. The van der Waals surface area contributed by atoms with Crippen LogP contribution in [0.3, 0.4) is 0 Å². The molecule has 2 rings (SSSR count). The van der Waals surface area contributed by atoms with Gasteiger partial charge in [-0.05, 0) is 31.5 Å². The summed E-state index contributed by atoms with van der Waals surface area (Å²) in [6, 6.07) is 4.08. The molecule has 1 aliphatic heterocycles. The van der Waals surface area contributed by atoms with Crippen LogP contribution in [-0.4, -0.2) is 17.1 Å². The van der Waals surface area contributed by atoms with Crippen LogP contribution in [0.4, 0.5) is 10.1 Å². The van der Waals surface area contributed by atoms with Gasteiger partial charge in [0.25, 0.3) is 0 Å². The highest BCUT2D eigenvalue weighted by Gasteiger charge is 2.31. The lowest BCUT2D eigenvalue weighted by Crippen LogP contribution is -2.42. The minimum Gasteiger partial charge on any atom is -0.388 e. The number of amides is 1. The van der Waals surface area contributed by atoms with E-state index >= 15 is 0 Å². The molecule has 0 saturated heterocycles. The van der Waals surface area contributed by atoms with Crippen molar-refractivity contribution in [3.63, 3.8) is 0 Å². The minimum absolute atomic E-state index is 0.0644. The van der Waals surface area contributed by atoms with E-state index in [0.717, 1.165) is 0 Å². The molecule has 4 heteroatoms. The Morgan fingerprint density at radius 2 is 2.25 bits per heavy atom. The molecule has 1 N–H and O–H groups in total. The molecule has 0 radical (unpaired) electrons. The lowest BCUT2D eigenvalue weighted by molar-refractivity contribution is -0.117. The minimum atomic E-state index is -0.698. The lowest BCUT2D eigenvalue weighted by atomic mass is 9.94. The van der Waals surface area contributed by atoms with Gasteiger partial charge >= 0.3 is 0 Å². The summed E-state index contributed by atoms with van der Waals surface area (Å²) in [4.78, 5) is 13.1. The number of carbonyl (C=O) groups excluding carboxylic acids is 1. The first-order valence-corrected chi connectivity index (χ1v) is 5.28. The van der Waals surface area contributed by atoms with Crippen molar-refractivity contribution < 1.29 is 14.3 Å². The van der Waals surface area contributed by atoms with E-state index < -0.39 is 11.9 Å². The zero-order valence-electron chi connectivity index (χ0n) is 9.27. The lowest BCUT2D eigenvalue weighted by Gasteiger charge is -2.37. The number of carbonyl (C=O) groups is 1. The average Bonchev–Trinajstić information content (AvgIpc) is 2.18. The van der Waals surface area contributed by atoms with Crippen LogP contribution in [0, 0.1) is 5.82 Å². The van der Waals surface area contributed by atoms with Crippen molar-refractivity contribution in [2.75, 3.05) is 4.90 Å². The molecule has 0 spiro atoms. The predicted molar refractivity (Wildman–Crippen MR) is 58.6 cm³/mol. The van der Waals surface area contributed by atoms with E-state index in [2.05, 4.69) is 0 Å². The van der Waals surface area contributed by atoms with Crippen LogP contribution in [0.1, 0.15) is 31.9 Å². The number of rotatable bonds is 0. The molecule has 0 fully saturated rings. The fraction of sp³-hybridized carbons (Fsp3) is 0.417. The number of aliphatic hydroxyl groups excluding tert-OH is 1. The molecule has 86 valence electrons. The maximum atomic E-state index is 13.1. The average molecular weight is 223 g/mol. The molecular weight excluding hydrogens is 209 g/mol. The first-order valence-electron chi connectivity index (χ1n) is 5.28. The second-order valence-corrected chi connectivity index (χ2v) is 4.19. The van der Waals surface area contributed by atoms with E-state index in [0.29, 0.717) is 17.7 Å². The summed E-state index contributed by atoms with van der Waals surface area (Å²) in [6.07, 6.45) is -0.257.